The van der Waals surface area contributed by atoms with E-state index < -0.39 is 19.0 Å². The maximum absolute atomic E-state index is 9.42. The Bertz CT molecular complexity index is 947. The molecule has 0 fully saturated rings. The van der Waals surface area contributed by atoms with E-state index in [9.17, 15) is 5.11 Å². The maximum atomic E-state index is 9.42. The fraction of sp³-hybridized carbons (Fsp3) is 0.333. The van der Waals surface area contributed by atoms with Crippen LogP contribution in [0, 0.1) is 0 Å². The van der Waals surface area contributed by atoms with Gasteiger partial charge in [0.2, 0.25) is 0 Å². The number of hydrogen-bond donors (Lipinski definition) is 2. The number of nitrogens with zero attached hydrogens (tertiary/aromatic N) is 3. The Kier molecular flexibility index (Phi) is 9.92. The molecule has 2 unspecified atom stereocenters. The van der Waals surface area contributed by atoms with E-state index in [-0.39, 0.29) is 5.75 Å². The van der Waals surface area contributed by atoms with Crippen LogP contribution in [0.3, 0.4) is 0 Å². The number of nitrogens with one attached hydrogen (secondary N) is 1. The second kappa shape index (κ2) is 12.2. The molecule has 2 aromatic rings. The molecule has 0 aliphatic rings. The molecule has 0 amide bonds. The van der Waals surface area contributed by atoms with Gasteiger partial charge in [-0.25, -0.2) is 0 Å². The van der Waals surface area contributed by atoms with E-state index >= 15 is 0 Å². The van der Waals surface area contributed by atoms with E-state index in [0.29, 0.717) is 0 Å². The Labute approximate surface area is 196 Å². The van der Waals surface area contributed by atoms with Gasteiger partial charge in [-0.15, -0.1) is 20.2 Å². The first-order valence-electron chi connectivity index (χ1n) is 9.82. The second-order valence-electron chi connectivity index (χ2n) is 6.78. The number of benzene rings is 2. The topological polar surface area (TPSA) is 69.5 Å². The van der Waals surface area contributed by atoms with Crippen LogP contribution in [0.25, 0.3) is 0 Å². The molecule has 2 atom stereocenters. The van der Waals surface area contributed by atoms with Crippen LogP contribution in [0.5, 0.6) is 11.5 Å². The van der Waals surface area contributed by atoms with E-state index in [1.165, 1.54) is 0 Å². The van der Waals surface area contributed by atoms with Gasteiger partial charge in [-0.05, 0) is 59.7 Å². The summed E-state index contributed by atoms with van der Waals surface area (Å²) in [6, 6.07) is 14.6. The van der Waals surface area contributed by atoms with Gasteiger partial charge in [0.1, 0.15) is 18.2 Å². The van der Waals surface area contributed by atoms with Crippen LogP contribution in [-0.4, -0.2) is 41.4 Å². The number of hydrogen-bond acceptors (Lipinski definition) is 6. The van der Waals surface area contributed by atoms with E-state index in [1.807, 2.05) is 42.8 Å². The molecule has 164 valence electrons. The molecule has 2 N–H and O–H groups in total. The van der Waals surface area contributed by atoms with Crippen molar-refractivity contribution in [3.05, 3.63) is 59.7 Å². The molecule has 0 aliphatic heterocycles. The largest absolute Gasteiger partial charge is 0.508 e. The predicted octanol–water partition coefficient (Wildman–Crippen LogP) is 5.52. The lowest BCUT2D eigenvalue weighted by molar-refractivity contribution is 0.146. The minimum absolute atomic E-state index is 0.227. The first kappa shape index (κ1) is 25.3. The van der Waals surface area contributed by atoms with Crippen molar-refractivity contribution in [3.63, 3.8) is 0 Å². The summed E-state index contributed by atoms with van der Waals surface area (Å²) in [5.74, 6) is 0.993. The highest BCUT2D eigenvalue weighted by Crippen LogP contribution is 2.48. The molecule has 31 heavy (non-hydrogen) atoms. The lowest BCUT2D eigenvalue weighted by Gasteiger charge is -2.26. The Morgan fingerprint density at radius 3 is 2.13 bits per heavy atom. The number of rotatable bonds is 11. The first-order valence-corrected chi connectivity index (χ1v) is 14.9. The normalized spacial score (nSPS) is 12.8. The molecule has 2 rings (SSSR count). The van der Waals surface area contributed by atoms with Crippen molar-refractivity contribution < 1.29 is 9.84 Å². The van der Waals surface area contributed by atoms with Crippen molar-refractivity contribution in [3.8, 4) is 11.5 Å². The maximum Gasteiger partial charge on any atom is 0.358 e. The molecule has 0 saturated carbocycles. The molecule has 0 bridgehead atoms. The van der Waals surface area contributed by atoms with Gasteiger partial charge in [0.15, 0.2) is 23.6 Å². The van der Waals surface area contributed by atoms with Gasteiger partial charge in [0.25, 0.3) is 5.34 Å². The zero-order valence-electron chi connectivity index (χ0n) is 18.1. The van der Waals surface area contributed by atoms with Crippen molar-refractivity contribution in [2.75, 3.05) is 13.7 Å². The number of aromatic hydroxyl groups is 1. The van der Waals surface area contributed by atoms with Gasteiger partial charge >= 0.3 is 13.7 Å². The van der Waals surface area contributed by atoms with Gasteiger partial charge in [0.05, 0.1) is 19.5 Å². The summed E-state index contributed by atoms with van der Waals surface area (Å²) >= 11 is 11.0. The van der Waals surface area contributed by atoms with Gasteiger partial charge in [-0.3, -0.25) is 0 Å². The van der Waals surface area contributed by atoms with E-state index in [1.54, 1.807) is 36.7 Å². The summed E-state index contributed by atoms with van der Waals surface area (Å²) in [6.07, 6.45) is 5.02. The summed E-state index contributed by atoms with van der Waals surface area (Å²) in [5.41, 5.74) is 1.85. The summed E-state index contributed by atoms with van der Waals surface area (Å²) in [4.78, 5) is 0. The molecule has 0 heterocycles. The highest BCUT2D eigenvalue weighted by atomic mass is 32.4. The van der Waals surface area contributed by atoms with E-state index in [0.717, 1.165) is 29.7 Å². The second-order valence-corrected chi connectivity index (χ2v) is 12.6. The third kappa shape index (κ3) is 7.58. The molecule has 0 spiro atoms. The van der Waals surface area contributed by atoms with Crippen LogP contribution in [-0.2, 0) is 23.6 Å². The van der Waals surface area contributed by atoms with Crippen LogP contribution in [0.2, 0.25) is 0 Å². The Balaban J connectivity index is 2.12. The quantitative estimate of drug-likeness (QED) is 0.243. The summed E-state index contributed by atoms with van der Waals surface area (Å²) in [6.45, 7) is 4.28. The highest BCUT2D eigenvalue weighted by Gasteiger charge is 2.48. The van der Waals surface area contributed by atoms with E-state index in [4.69, 9.17) is 28.4 Å². The molecule has 0 aliphatic carbocycles. The van der Waals surface area contributed by atoms with Crippen molar-refractivity contribution in [2.24, 2.45) is 10.2 Å². The average Bonchev–Trinajstić information content (AvgIpc) is 2.77. The van der Waals surface area contributed by atoms with Crippen molar-refractivity contribution in [1.82, 2.24) is 9.98 Å². The third-order valence-corrected chi connectivity index (χ3v) is 8.98. The number of phenolic OH excluding ortho intramolecular Hbond substituents is 1. The van der Waals surface area contributed by atoms with Gasteiger partial charge in [0, 0.05) is 12.8 Å². The van der Waals surface area contributed by atoms with Gasteiger partial charge in [-0.1, -0.05) is 13.8 Å². The van der Waals surface area contributed by atoms with E-state index in [2.05, 4.69) is 29.2 Å². The Morgan fingerprint density at radius 1 is 1.03 bits per heavy atom. The standard InChI is InChI=1S/C21H27N4O2P2S2/c1-5-21(6-2,27-20-13-9-17(10-14-20)15-22-24-28(4)30)29(31)25(3)23-16-18-7-11-19(26)12-8-18/h7-16H,5-6H2,1-4H3,(H-,23,24,26,30)/q+1/p+1. The molecular formula is C21H28N4O2P2S2+2. The zero-order valence-corrected chi connectivity index (χ0v) is 21.5. The van der Waals surface area contributed by atoms with Crippen molar-refractivity contribution in [1.29, 1.82) is 0 Å². The summed E-state index contributed by atoms with van der Waals surface area (Å²) in [7, 11) is 1.88. The fourth-order valence-electron chi connectivity index (χ4n) is 2.75. The monoisotopic (exact) mass is 494 g/mol. The molecule has 6 nitrogen and oxygen atoms in total. The fourth-order valence-corrected chi connectivity index (χ4v) is 5.52. The first-order chi connectivity index (χ1) is 14.8. The Hall–Kier alpha value is -1.98. The molecule has 0 saturated heterocycles. The number of hydrazone groups is 2. The minimum Gasteiger partial charge on any atom is -0.508 e. The van der Waals surface area contributed by atoms with Gasteiger partial charge < -0.3 is 9.84 Å². The number of ether oxygens (including phenoxy) is 1. The smallest absolute Gasteiger partial charge is 0.358 e. The van der Waals surface area contributed by atoms with Crippen LogP contribution < -0.4 is 9.93 Å². The summed E-state index contributed by atoms with van der Waals surface area (Å²) in [5, 5.41) is 20.5. The van der Waals surface area contributed by atoms with Crippen molar-refractivity contribution in [2.45, 2.75) is 32.0 Å². The summed E-state index contributed by atoms with van der Waals surface area (Å²) < 4.78 is 8.27. The third-order valence-electron chi connectivity index (χ3n) is 4.58. The highest BCUT2D eigenvalue weighted by molar-refractivity contribution is 8.04. The van der Waals surface area contributed by atoms with Crippen LogP contribution >= 0.6 is 13.7 Å². The Morgan fingerprint density at radius 2 is 1.58 bits per heavy atom. The molecule has 0 radical (unpaired) electrons. The molecular weight excluding hydrogens is 466 g/mol. The predicted molar refractivity (Wildman–Crippen MR) is 139 cm³/mol. The minimum atomic E-state index is -1.14. The SMILES string of the molecule is CCC(CC)(Oc1ccc(C=NN[P+](C)=S)cc1)[P+](=S)N(C)N=Cc1ccc(O)cc1. The van der Waals surface area contributed by atoms with Crippen LogP contribution in [0.1, 0.15) is 37.8 Å². The molecule has 10 heteroatoms. The van der Waals surface area contributed by atoms with Crippen LogP contribution in [0.15, 0.2) is 58.7 Å². The molecule has 2 aromatic carbocycles. The zero-order chi connectivity index (χ0) is 22.9. The van der Waals surface area contributed by atoms with Gasteiger partial charge in [-0.2, -0.15) is 0 Å². The number of phenols is 1. The lowest BCUT2D eigenvalue weighted by Crippen LogP contribution is -2.33. The van der Waals surface area contributed by atoms with Crippen LogP contribution in [0.4, 0.5) is 0 Å². The lowest BCUT2D eigenvalue weighted by atomic mass is 10.2. The average molecular weight is 495 g/mol. The molecule has 0 aromatic heterocycles. The van der Waals surface area contributed by atoms with Crippen molar-refractivity contribution >= 4 is 49.7 Å².